The van der Waals surface area contributed by atoms with Crippen LogP contribution in [0.1, 0.15) is 33.4 Å². The molecule has 0 unspecified atom stereocenters. The Morgan fingerprint density at radius 2 is 1.84 bits per heavy atom. The first kappa shape index (κ1) is 10.2. The van der Waals surface area contributed by atoms with Crippen LogP contribution in [0.25, 0.3) is 10.9 Å². The van der Waals surface area contributed by atoms with Crippen LogP contribution in [0.2, 0.25) is 0 Å². The largest absolute Gasteiger partial charge is 0.351 e. The maximum absolute atomic E-state index is 12.5. The van der Waals surface area contributed by atoms with E-state index in [9.17, 15) is 9.59 Å². The van der Waals surface area contributed by atoms with Gasteiger partial charge < -0.3 is 4.98 Å². The maximum Gasteiger partial charge on any atom is 0.210 e. The molecule has 0 amide bonds. The van der Waals surface area contributed by atoms with E-state index < -0.39 is 0 Å². The van der Waals surface area contributed by atoms with Crippen LogP contribution in [0.4, 0.5) is 0 Å². The number of rotatable bonds is 0. The highest BCUT2D eigenvalue weighted by Crippen LogP contribution is 2.31. The van der Waals surface area contributed by atoms with Gasteiger partial charge in [-0.25, -0.2) is 0 Å². The summed E-state index contributed by atoms with van der Waals surface area (Å²) in [6.07, 6.45) is 2.98. The van der Waals surface area contributed by atoms with Crippen molar-refractivity contribution in [2.75, 3.05) is 0 Å². The lowest BCUT2D eigenvalue weighted by atomic mass is 9.88. The molecule has 1 aliphatic carbocycles. The highest BCUT2D eigenvalue weighted by molar-refractivity contribution is 6.31. The number of carbonyl (C=O) groups excluding carboxylic acids is 2. The van der Waals surface area contributed by atoms with E-state index in [-0.39, 0.29) is 13.0 Å². The molecule has 2 heterocycles. The Kier molecular flexibility index (Phi) is 1.82. The first-order valence-electron chi connectivity index (χ1n) is 5.91. The number of carbonyl (C=O) groups is 2. The smallest absolute Gasteiger partial charge is 0.210 e. The van der Waals surface area contributed by atoms with Crippen molar-refractivity contribution in [1.82, 2.24) is 9.97 Å². The Balaban J connectivity index is 0.00000121. The second-order valence-corrected chi connectivity index (χ2v) is 4.50. The quantitative estimate of drug-likeness (QED) is 0.521. The van der Waals surface area contributed by atoms with Crippen LogP contribution in [-0.2, 0) is 0 Å². The van der Waals surface area contributed by atoms with E-state index in [1.165, 1.54) is 12.4 Å². The molecule has 0 fully saturated rings. The van der Waals surface area contributed by atoms with Gasteiger partial charge >= 0.3 is 0 Å². The summed E-state index contributed by atoms with van der Waals surface area (Å²) < 4.78 is 0. The van der Waals surface area contributed by atoms with E-state index in [1.807, 2.05) is 24.3 Å². The number of fused-ring (bicyclic) bond motifs is 4. The number of ketones is 2. The number of aromatic nitrogens is 2. The van der Waals surface area contributed by atoms with Gasteiger partial charge in [-0.1, -0.05) is 18.2 Å². The summed E-state index contributed by atoms with van der Waals surface area (Å²) in [6.45, 7) is 0. The van der Waals surface area contributed by atoms with E-state index in [1.54, 1.807) is 6.07 Å². The normalized spacial score (nSPS) is 13.5. The zero-order valence-corrected chi connectivity index (χ0v) is 9.81. The molecule has 0 spiro atoms. The van der Waals surface area contributed by atoms with Gasteiger partial charge in [0.25, 0.3) is 0 Å². The Labute approximate surface area is 109 Å². The summed E-state index contributed by atoms with van der Waals surface area (Å²) in [5.41, 5.74) is 2.43. The fraction of sp³-hybridized carbons (Fsp3) is 0. The van der Waals surface area contributed by atoms with Crippen molar-refractivity contribution in [3.05, 3.63) is 65.1 Å². The minimum absolute atomic E-state index is 0. The van der Waals surface area contributed by atoms with Crippen molar-refractivity contribution in [3.8, 4) is 0 Å². The lowest BCUT2D eigenvalue weighted by Crippen LogP contribution is -2.20. The summed E-state index contributed by atoms with van der Waals surface area (Å²) in [4.78, 5) is 31.9. The fourth-order valence-electron chi connectivity index (χ4n) is 2.59. The van der Waals surface area contributed by atoms with Gasteiger partial charge in [-0.15, -0.1) is 0 Å². The molecule has 4 rings (SSSR count). The number of nitrogens with one attached hydrogen (secondary N) is 1. The topological polar surface area (TPSA) is 62.8 Å². The molecular weight excluding hydrogens is 240 g/mol. The number of aromatic amines is 1. The van der Waals surface area contributed by atoms with Crippen molar-refractivity contribution in [3.63, 3.8) is 0 Å². The first-order chi connectivity index (χ1) is 9.27. The molecule has 19 heavy (non-hydrogen) atoms. The molecule has 92 valence electrons. The van der Waals surface area contributed by atoms with Gasteiger partial charge in [0.15, 0.2) is 5.78 Å². The van der Waals surface area contributed by atoms with Crippen LogP contribution in [0.3, 0.4) is 0 Å². The monoisotopic (exact) mass is 250 g/mol. The van der Waals surface area contributed by atoms with Gasteiger partial charge in [-0.3, -0.25) is 14.6 Å². The van der Waals surface area contributed by atoms with E-state index >= 15 is 0 Å². The molecule has 0 radical (unpaired) electrons. The summed E-state index contributed by atoms with van der Waals surface area (Å²) in [5.74, 6) is -0.293. The molecule has 4 nitrogen and oxygen atoms in total. The standard InChI is InChI=1S/C15H8N2O2.H2/c18-14-10-7-16-6-5-8(10)15(19)13-12(14)9-3-1-2-4-11(9)17-13;/h1-7,17H;1H. The summed E-state index contributed by atoms with van der Waals surface area (Å²) in [5, 5.41) is 0.783. The molecule has 2 aromatic heterocycles. The number of nitrogens with zero attached hydrogens (tertiary/aromatic N) is 1. The molecular formula is C15H10N2O2. The number of benzene rings is 1. The van der Waals surface area contributed by atoms with E-state index in [2.05, 4.69) is 9.97 Å². The Bertz CT molecular complexity index is 867. The van der Waals surface area contributed by atoms with Crippen molar-refractivity contribution in [2.24, 2.45) is 0 Å². The number of pyridine rings is 1. The van der Waals surface area contributed by atoms with Crippen LogP contribution >= 0.6 is 0 Å². The predicted octanol–water partition coefficient (Wildman–Crippen LogP) is 2.58. The van der Waals surface area contributed by atoms with Gasteiger partial charge in [-0.2, -0.15) is 0 Å². The third-order valence-electron chi connectivity index (χ3n) is 3.47. The third-order valence-corrected chi connectivity index (χ3v) is 3.47. The highest BCUT2D eigenvalue weighted by atomic mass is 16.1. The predicted molar refractivity (Wildman–Crippen MR) is 71.5 cm³/mol. The minimum atomic E-state index is -0.150. The van der Waals surface area contributed by atoms with Gasteiger partial charge in [-0.05, 0) is 12.1 Å². The van der Waals surface area contributed by atoms with Crippen molar-refractivity contribution >= 4 is 22.5 Å². The second kappa shape index (κ2) is 3.38. The van der Waals surface area contributed by atoms with Crippen LogP contribution in [-0.4, -0.2) is 21.5 Å². The summed E-state index contributed by atoms with van der Waals surface area (Å²) >= 11 is 0. The average Bonchev–Trinajstić information content (AvgIpc) is 2.84. The SMILES string of the molecule is O=C1c2ccncc2C(=O)c2c1[nH]c1ccccc21.[HH]. The molecule has 0 saturated carbocycles. The molecule has 0 saturated heterocycles. The van der Waals surface area contributed by atoms with Crippen LogP contribution < -0.4 is 0 Å². The Morgan fingerprint density at radius 3 is 2.74 bits per heavy atom. The number of para-hydroxylation sites is 1. The van der Waals surface area contributed by atoms with Gasteiger partial charge in [0.2, 0.25) is 5.78 Å². The number of H-pyrrole nitrogens is 1. The summed E-state index contributed by atoms with van der Waals surface area (Å²) in [6, 6.07) is 9.01. The Hall–Kier alpha value is -2.75. The molecule has 0 bridgehead atoms. The number of hydrogen-bond acceptors (Lipinski definition) is 3. The van der Waals surface area contributed by atoms with Crippen molar-refractivity contribution in [1.29, 1.82) is 0 Å². The molecule has 0 atom stereocenters. The maximum atomic E-state index is 12.5. The van der Waals surface area contributed by atoms with E-state index in [0.29, 0.717) is 22.4 Å². The van der Waals surface area contributed by atoms with E-state index in [0.717, 1.165) is 10.9 Å². The zero-order chi connectivity index (χ0) is 13.0. The lowest BCUT2D eigenvalue weighted by molar-refractivity contribution is 0.0977. The number of hydrogen-bond donors (Lipinski definition) is 1. The van der Waals surface area contributed by atoms with E-state index in [4.69, 9.17) is 0 Å². The van der Waals surface area contributed by atoms with Crippen LogP contribution in [0.5, 0.6) is 0 Å². The van der Waals surface area contributed by atoms with Crippen molar-refractivity contribution < 1.29 is 11.0 Å². The molecule has 1 aliphatic rings. The zero-order valence-electron chi connectivity index (χ0n) is 9.81. The molecule has 0 aliphatic heterocycles. The molecule has 3 aromatic rings. The van der Waals surface area contributed by atoms with Crippen molar-refractivity contribution in [2.45, 2.75) is 0 Å². The fourth-order valence-corrected chi connectivity index (χ4v) is 2.59. The van der Waals surface area contributed by atoms with Gasteiger partial charge in [0.1, 0.15) is 0 Å². The molecule has 1 N–H and O–H groups in total. The summed E-state index contributed by atoms with van der Waals surface area (Å²) in [7, 11) is 0. The molecule has 4 heteroatoms. The van der Waals surface area contributed by atoms with Gasteiger partial charge in [0, 0.05) is 30.3 Å². The minimum Gasteiger partial charge on any atom is -0.351 e. The van der Waals surface area contributed by atoms with Crippen LogP contribution in [0, 0.1) is 0 Å². The second-order valence-electron chi connectivity index (χ2n) is 4.50. The first-order valence-corrected chi connectivity index (χ1v) is 5.91. The Morgan fingerprint density at radius 1 is 1.00 bits per heavy atom. The van der Waals surface area contributed by atoms with Crippen LogP contribution in [0.15, 0.2) is 42.7 Å². The van der Waals surface area contributed by atoms with Gasteiger partial charge in [0.05, 0.1) is 16.8 Å². The average molecular weight is 250 g/mol. The highest BCUT2D eigenvalue weighted by Gasteiger charge is 2.32. The lowest BCUT2D eigenvalue weighted by Gasteiger charge is -2.13. The third kappa shape index (κ3) is 1.20. The molecule has 1 aromatic carbocycles.